The molecule has 0 aliphatic carbocycles. The number of ether oxygens (including phenoxy) is 1. The summed E-state index contributed by atoms with van der Waals surface area (Å²) < 4.78 is 45.0. The van der Waals surface area contributed by atoms with Crippen LogP contribution in [0.2, 0.25) is 10.0 Å². The molecule has 1 aliphatic rings. The number of hydrogen-bond acceptors (Lipinski definition) is 4. The number of rotatable bonds is 3. The first-order valence-corrected chi connectivity index (χ1v) is 7.76. The van der Waals surface area contributed by atoms with Gasteiger partial charge in [-0.05, 0) is 18.6 Å². The van der Waals surface area contributed by atoms with Gasteiger partial charge in [-0.3, -0.25) is 4.79 Å². The van der Waals surface area contributed by atoms with E-state index in [1.165, 1.54) is 30.4 Å². The maximum atomic E-state index is 13.5. The van der Waals surface area contributed by atoms with Crippen LogP contribution in [-0.4, -0.2) is 35.6 Å². The van der Waals surface area contributed by atoms with Crippen LogP contribution in [0.4, 0.5) is 18.0 Å². The van der Waals surface area contributed by atoms with E-state index >= 15 is 0 Å². The standard InChI is InChI=1S/C14H13Cl2F3N2O4/c1-2-25-11(22)8-10(6-4-3-5-7(15)9(6)16)20-12(23)21-13(8,24)14(17,18)19/h3-5,8,10,24H,2H2,1H3,(H2,20,21,23)/t8-,10-,13-/m1/s1. The van der Waals surface area contributed by atoms with Crippen LogP contribution in [0.25, 0.3) is 0 Å². The fourth-order valence-corrected chi connectivity index (χ4v) is 2.98. The van der Waals surface area contributed by atoms with E-state index in [1.54, 1.807) is 0 Å². The van der Waals surface area contributed by atoms with Crippen LogP contribution in [0.15, 0.2) is 18.2 Å². The zero-order valence-corrected chi connectivity index (χ0v) is 14.2. The van der Waals surface area contributed by atoms with E-state index in [-0.39, 0.29) is 22.2 Å². The lowest BCUT2D eigenvalue weighted by atomic mass is 9.82. The van der Waals surface area contributed by atoms with Gasteiger partial charge in [0.2, 0.25) is 0 Å². The van der Waals surface area contributed by atoms with Crippen molar-refractivity contribution in [1.29, 1.82) is 0 Å². The molecule has 6 nitrogen and oxygen atoms in total. The van der Waals surface area contributed by atoms with Crippen molar-refractivity contribution in [2.24, 2.45) is 5.92 Å². The molecule has 11 heteroatoms. The van der Waals surface area contributed by atoms with Crippen molar-refractivity contribution >= 4 is 35.2 Å². The van der Waals surface area contributed by atoms with Crippen LogP contribution < -0.4 is 10.6 Å². The Hall–Kier alpha value is -1.71. The van der Waals surface area contributed by atoms with Crippen molar-refractivity contribution in [1.82, 2.24) is 10.6 Å². The Morgan fingerprint density at radius 3 is 2.60 bits per heavy atom. The van der Waals surface area contributed by atoms with Gasteiger partial charge in [0.25, 0.3) is 5.72 Å². The minimum atomic E-state index is -5.36. The van der Waals surface area contributed by atoms with Gasteiger partial charge >= 0.3 is 18.2 Å². The van der Waals surface area contributed by atoms with Crippen molar-refractivity contribution in [2.45, 2.75) is 24.9 Å². The number of halogens is 5. The molecule has 1 aliphatic heterocycles. The van der Waals surface area contributed by atoms with E-state index in [9.17, 15) is 27.9 Å². The zero-order chi connectivity index (χ0) is 19.0. The maximum absolute atomic E-state index is 13.5. The normalized spacial score (nSPS) is 26.6. The molecule has 3 N–H and O–H groups in total. The lowest BCUT2D eigenvalue weighted by Gasteiger charge is -2.44. The first-order chi connectivity index (χ1) is 11.5. The number of carbonyl (C=O) groups excluding carboxylic acids is 2. The lowest BCUT2D eigenvalue weighted by Crippen LogP contribution is -2.73. The lowest BCUT2D eigenvalue weighted by molar-refractivity contribution is -0.294. The molecule has 1 saturated heterocycles. The molecule has 0 unspecified atom stereocenters. The highest BCUT2D eigenvalue weighted by Gasteiger charge is 2.67. The summed E-state index contributed by atoms with van der Waals surface area (Å²) in [5.41, 5.74) is -3.91. The highest BCUT2D eigenvalue weighted by atomic mass is 35.5. The molecular weight excluding hydrogens is 388 g/mol. The van der Waals surface area contributed by atoms with Crippen LogP contribution >= 0.6 is 23.2 Å². The Morgan fingerprint density at radius 1 is 1.40 bits per heavy atom. The summed E-state index contributed by atoms with van der Waals surface area (Å²) in [6.07, 6.45) is -5.36. The van der Waals surface area contributed by atoms with Gasteiger partial charge in [0.15, 0.2) is 0 Å². The number of hydrogen-bond donors (Lipinski definition) is 3. The predicted molar refractivity (Wildman–Crippen MR) is 82.0 cm³/mol. The Morgan fingerprint density at radius 2 is 2.04 bits per heavy atom. The third-order valence-corrected chi connectivity index (χ3v) is 4.50. The molecule has 2 rings (SSSR count). The van der Waals surface area contributed by atoms with E-state index < -0.39 is 35.9 Å². The topological polar surface area (TPSA) is 87.7 Å². The number of esters is 1. The van der Waals surface area contributed by atoms with Gasteiger partial charge in [0.05, 0.1) is 22.7 Å². The second-order valence-electron chi connectivity index (χ2n) is 5.21. The minimum absolute atomic E-state index is 0.00473. The van der Waals surface area contributed by atoms with E-state index in [4.69, 9.17) is 23.2 Å². The average molecular weight is 401 g/mol. The third kappa shape index (κ3) is 3.49. The van der Waals surface area contributed by atoms with Crippen molar-refractivity contribution in [3.05, 3.63) is 33.8 Å². The summed E-state index contributed by atoms with van der Waals surface area (Å²) >= 11 is 11.9. The van der Waals surface area contributed by atoms with Crippen molar-refractivity contribution < 1.29 is 32.6 Å². The largest absolute Gasteiger partial charge is 0.466 e. The number of nitrogens with one attached hydrogen (secondary N) is 2. The van der Waals surface area contributed by atoms with Crippen LogP contribution in [-0.2, 0) is 9.53 Å². The van der Waals surface area contributed by atoms with Crippen LogP contribution in [0.3, 0.4) is 0 Å². The number of benzene rings is 1. The molecule has 25 heavy (non-hydrogen) atoms. The summed E-state index contributed by atoms with van der Waals surface area (Å²) in [6.45, 7) is 1.16. The molecule has 3 atom stereocenters. The Balaban J connectivity index is 2.64. The van der Waals surface area contributed by atoms with Crippen molar-refractivity contribution in [2.75, 3.05) is 6.61 Å². The van der Waals surface area contributed by atoms with Gasteiger partial charge in [-0.15, -0.1) is 0 Å². The number of aliphatic hydroxyl groups is 1. The third-order valence-electron chi connectivity index (χ3n) is 3.66. The van der Waals surface area contributed by atoms with Gasteiger partial charge in [0, 0.05) is 0 Å². The molecule has 0 radical (unpaired) electrons. The second kappa shape index (κ2) is 6.89. The highest BCUT2D eigenvalue weighted by molar-refractivity contribution is 6.42. The van der Waals surface area contributed by atoms with E-state index in [1.807, 2.05) is 0 Å². The summed E-state index contributed by atoms with van der Waals surface area (Å²) in [5, 5.41) is 13.5. The molecule has 2 amide bonds. The molecule has 0 bridgehead atoms. The van der Waals surface area contributed by atoms with E-state index in [2.05, 4.69) is 10.1 Å². The fraction of sp³-hybridized carbons (Fsp3) is 0.429. The molecule has 0 saturated carbocycles. The Bertz CT molecular complexity index is 701. The molecule has 0 spiro atoms. The number of carbonyl (C=O) groups is 2. The summed E-state index contributed by atoms with van der Waals surface area (Å²) in [6, 6.07) is 1.10. The Labute approximate surface area is 150 Å². The summed E-state index contributed by atoms with van der Waals surface area (Å²) in [7, 11) is 0. The van der Waals surface area contributed by atoms with Crippen molar-refractivity contribution in [3.8, 4) is 0 Å². The maximum Gasteiger partial charge on any atom is 0.437 e. The molecule has 1 heterocycles. The van der Waals surface area contributed by atoms with Gasteiger partial charge in [0.1, 0.15) is 5.92 Å². The van der Waals surface area contributed by atoms with E-state index in [0.29, 0.717) is 0 Å². The van der Waals surface area contributed by atoms with Gasteiger partial charge in [-0.1, -0.05) is 35.3 Å². The first-order valence-electron chi connectivity index (χ1n) is 7.01. The molecular formula is C14H13Cl2F3N2O4. The van der Waals surface area contributed by atoms with Crippen molar-refractivity contribution in [3.63, 3.8) is 0 Å². The second-order valence-corrected chi connectivity index (χ2v) is 6.00. The Kier molecular flexibility index (Phi) is 5.41. The molecule has 1 fully saturated rings. The average Bonchev–Trinajstić information content (AvgIpc) is 2.48. The van der Waals surface area contributed by atoms with Gasteiger partial charge in [-0.25, -0.2) is 4.79 Å². The number of amides is 2. The molecule has 1 aromatic carbocycles. The van der Waals surface area contributed by atoms with Gasteiger partial charge < -0.3 is 20.5 Å². The highest BCUT2D eigenvalue weighted by Crippen LogP contribution is 2.45. The predicted octanol–water partition coefficient (Wildman–Crippen LogP) is 2.78. The summed E-state index contributed by atoms with van der Waals surface area (Å²) in [5.74, 6) is -3.61. The fourth-order valence-electron chi connectivity index (χ4n) is 2.56. The molecule has 1 aromatic rings. The SMILES string of the molecule is CCOC(=O)[C@H]1[C@@H](c2cccc(Cl)c2Cl)NC(=O)N[C@]1(O)C(F)(F)F. The van der Waals surface area contributed by atoms with Gasteiger partial charge in [-0.2, -0.15) is 13.2 Å². The monoisotopic (exact) mass is 400 g/mol. The van der Waals surface area contributed by atoms with Crippen LogP contribution in [0.5, 0.6) is 0 Å². The minimum Gasteiger partial charge on any atom is -0.466 e. The molecule has 0 aromatic heterocycles. The van der Waals surface area contributed by atoms with Crippen LogP contribution in [0, 0.1) is 5.92 Å². The zero-order valence-electron chi connectivity index (χ0n) is 12.7. The molecule has 138 valence electrons. The first kappa shape index (κ1) is 19.6. The number of urea groups is 1. The smallest absolute Gasteiger partial charge is 0.437 e. The van der Waals surface area contributed by atoms with Crippen LogP contribution in [0.1, 0.15) is 18.5 Å². The summed E-state index contributed by atoms with van der Waals surface area (Å²) in [4.78, 5) is 23.9. The quantitative estimate of drug-likeness (QED) is 0.680. The number of alkyl halides is 3. The van der Waals surface area contributed by atoms with E-state index in [0.717, 1.165) is 0 Å².